The summed E-state index contributed by atoms with van der Waals surface area (Å²) < 4.78 is 7.67. The first-order valence-corrected chi connectivity index (χ1v) is 8.24. The first-order chi connectivity index (χ1) is 10.2. The molecule has 0 spiro atoms. The van der Waals surface area contributed by atoms with E-state index >= 15 is 0 Å². The molecule has 21 heavy (non-hydrogen) atoms. The lowest BCUT2D eigenvalue weighted by Crippen LogP contribution is -2.11. The van der Waals surface area contributed by atoms with E-state index in [1.165, 1.54) is 15.9 Å². The summed E-state index contributed by atoms with van der Waals surface area (Å²) in [5, 5.41) is 13.0. The molecule has 0 fully saturated rings. The van der Waals surface area contributed by atoms with Crippen molar-refractivity contribution in [1.29, 1.82) is 0 Å². The fourth-order valence-corrected chi connectivity index (χ4v) is 2.92. The van der Waals surface area contributed by atoms with Crippen LogP contribution in [0, 0.1) is 3.57 Å². The zero-order chi connectivity index (χ0) is 14.8. The summed E-state index contributed by atoms with van der Waals surface area (Å²) in [7, 11) is 0. The Morgan fingerprint density at radius 1 is 1.33 bits per heavy atom. The normalized spacial score (nSPS) is 11.0. The van der Waals surface area contributed by atoms with Gasteiger partial charge in [0, 0.05) is 9.13 Å². The number of hydrogen-bond acceptors (Lipinski definition) is 6. The standard InChI is InChI=1S/C13H11IN4O2S/c1-2-7-20-12(19)10-15-16-13-18(10)17-11(21-13)8-3-5-9(14)6-4-8/h3-6H,2,7H2,1H3. The van der Waals surface area contributed by atoms with E-state index in [0.29, 0.717) is 11.6 Å². The Morgan fingerprint density at radius 2 is 2.10 bits per heavy atom. The van der Waals surface area contributed by atoms with Crippen molar-refractivity contribution in [3.05, 3.63) is 33.7 Å². The lowest BCUT2D eigenvalue weighted by atomic mass is 10.2. The van der Waals surface area contributed by atoms with Crippen molar-refractivity contribution in [2.75, 3.05) is 6.61 Å². The van der Waals surface area contributed by atoms with E-state index in [2.05, 4.69) is 37.9 Å². The molecule has 0 amide bonds. The second-order valence-corrected chi connectivity index (χ2v) is 6.47. The van der Waals surface area contributed by atoms with Gasteiger partial charge < -0.3 is 4.74 Å². The Morgan fingerprint density at radius 3 is 2.81 bits per heavy atom. The monoisotopic (exact) mass is 414 g/mol. The van der Waals surface area contributed by atoms with Gasteiger partial charge in [-0.05, 0) is 41.1 Å². The van der Waals surface area contributed by atoms with Crippen molar-refractivity contribution in [1.82, 2.24) is 19.8 Å². The largest absolute Gasteiger partial charge is 0.460 e. The third-order valence-corrected chi connectivity index (χ3v) is 4.37. The molecule has 1 aromatic carbocycles. The highest BCUT2D eigenvalue weighted by atomic mass is 127. The van der Waals surface area contributed by atoms with Gasteiger partial charge in [-0.25, -0.2) is 4.79 Å². The van der Waals surface area contributed by atoms with Crippen molar-refractivity contribution in [3.8, 4) is 10.6 Å². The van der Waals surface area contributed by atoms with Crippen LogP contribution in [0.2, 0.25) is 0 Å². The van der Waals surface area contributed by atoms with Crippen LogP contribution < -0.4 is 0 Å². The van der Waals surface area contributed by atoms with Gasteiger partial charge in [0.1, 0.15) is 5.01 Å². The Labute approximate surface area is 138 Å². The second-order valence-electron chi connectivity index (χ2n) is 4.27. The van der Waals surface area contributed by atoms with Crippen LogP contribution in [0.3, 0.4) is 0 Å². The minimum atomic E-state index is -0.496. The maximum absolute atomic E-state index is 11.9. The molecule has 0 aliphatic rings. The summed E-state index contributed by atoms with van der Waals surface area (Å²) in [6, 6.07) is 7.99. The molecule has 8 heteroatoms. The van der Waals surface area contributed by atoms with Gasteiger partial charge in [-0.3, -0.25) is 0 Å². The summed E-state index contributed by atoms with van der Waals surface area (Å²) in [6.45, 7) is 2.30. The van der Waals surface area contributed by atoms with E-state index in [1.807, 2.05) is 31.2 Å². The number of esters is 1. The van der Waals surface area contributed by atoms with Gasteiger partial charge in [-0.2, -0.15) is 9.61 Å². The van der Waals surface area contributed by atoms with E-state index in [0.717, 1.165) is 20.6 Å². The van der Waals surface area contributed by atoms with Gasteiger partial charge in [0.05, 0.1) is 6.61 Å². The van der Waals surface area contributed by atoms with Crippen molar-refractivity contribution in [2.45, 2.75) is 13.3 Å². The average molecular weight is 414 g/mol. The quantitative estimate of drug-likeness (QED) is 0.485. The van der Waals surface area contributed by atoms with E-state index in [-0.39, 0.29) is 5.82 Å². The third-order valence-electron chi connectivity index (χ3n) is 2.70. The maximum Gasteiger partial charge on any atom is 0.378 e. The van der Waals surface area contributed by atoms with Crippen LogP contribution in [-0.4, -0.2) is 32.4 Å². The van der Waals surface area contributed by atoms with Gasteiger partial charge in [-0.15, -0.1) is 10.2 Å². The van der Waals surface area contributed by atoms with Gasteiger partial charge in [0.15, 0.2) is 0 Å². The van der Waals surface area contributed by atoms with Crippen molar-refractivity contribution in [3.63, 3.8) is 0 Å². The number of aromatic nitrogens is 4. The Bertz CT molecular complexity index is 781. The van der Waals surface area contributed by atoms with Gasteiger partial charge in [-0.1, -0.05) is 30.4 Å². The Kier molecular flexibility index (Phi) is 4.15. The van der Waals surface area contributed by atoms with E-state index in [4.69, 9.17) is 4.74 Å². The smallest absolute Gasteiger partial charge is 0.378 e. The molecule has 3 aromatic rings. The van der Waals surface area contributed by atoms with Gasteiger partial charge in [0.2, 0.25) is 4.96 Å². The van der Waals surface area contributed by atoms with Crippen LogP contribution in [0.5, 0.6) is 0 Å². The molecule has 0 radical (unpaired) electrons. The minimum Gasteiger partial charge on any atom is -0.460 e. The lowest BCUT2D eigenvalue weighted by Gasteiger charge is -1.99. The second kappa shape index (κ2) is 6.06. The van der Waals surface area contributed by atoms with Crippen LogP contribution in [0.4, 0.5) is 0 Å². The summed E-state index contributed by atoms with van der Waals surface area (Å²) in [6.07, 6.45) is 0.763. The number of fused-ring (bicyclic) bond motifs is 1. The molecule has 0 saturated carbocycles. The number of rotatable bonds is 4. The molecule has 2 heterocycles. The number of carbonyl (C=O) groups is 1. The molecule has 0 unspecified atom stereocenters. The first-order valence-electron chi connectivity index (χ1n) is 6.34. The summed E-state index contributed by atoms with van der Waals surface area (Å²) in [5.74, 6) is -0.379. The van der Waals surface area contributed by atoms with E-state index in [9.17, 15) is 4.79 Å². The highest BCUT2D eigenvalue weighted by Gasteiger charge is 2.19. The predicted molar refractivity (Wildman–Crippen MR) is 87.4 cm³/mol. The predicted octanol–water partition coefficient (Wildman–Crippen LogP) is 3.02. The molecule has 6 nitrogen and oxygen atoms in total. The fraction of sp³-hybridized carbons (Fsp3) is 0.231. The molecule has 0 aliphatic carbocycles. The molecule has 0 N–H and O–H groups in total. The first kappa shape index (κ1) is 14.4. The SMILES string of the molecule is CCCOC(=O)c1nnc2sc(-c3ccc(I)cc3)nn12. The molecule has 0 aliphatic heterocycles. The average Bonchev–Trinajstić information content (AvgIpc) is 3.05. The van der Waals surface area contributed by atoms with Crippen LogP contribution in [-0.2, 0) is 4.74 Å². The number of nitrogens with zero attached hydrogens (tertiary/aromatic N) is 4. The van der Waals surface area contributed by atoms with Crippen molar-refractivity contribution < 1.29 is 9.53 Å². The molecular formula is C13H11IN4O2S. The molecule has 0 bridgehead atoms. The van der Waals surface area contributed by atoms with Crippen LogP contribution in [0.25, 0.3) is 15.5 Å². The number of carbonyl (C=O) groups excluding carboxylic acids is 1. The molecule has 2 aromatic heterocycles. The number of benzene rings is 1. The minimum absolute atomic E-state index is 0.117. The summed E-state index contributed by atoms with van der Waals surface area (Å²) in [5.41, 5.74) is 0.985. The summed E-state index contributed by atoms with van der Waals surface area (Å²) in [4.78, 5) is 12.5. The van der Waals surface area contributed by atoms with Crippen LogP contribution >= 0.6 is 33.9 Å². The third kappa shape index (κ3) is 2.91. The number of hydrogen-bond donors (Lipinski definition) is 0. The van der Waals surface area contributed by atoms with Gasteiger partial charge in [0.25, 0.3) is 5.82 Å². The van der Waals surface area contributed by atoms with Crippen molar-refractivity contribution >= 4 is 44.9 Å². The number of halogens is 1. The van der Waals surface area contributed by atoms with Crippen LogP contribution in [0.1, 0.15) is 24.0 Å². The summed E-state index contributed by atoms with van der Waals surface area (Å²) >= 11 is 3.64. The zero-order valence-corrected chi connectivity index (χ0v) is 14.1. The zero-order valence-electron chi connectivity index (χ0n) is 11.1. The molecule has 108 valence electrons. The molecule has 3 rings (SSSR count). The van der Waals surface area contributed by atoms with E-state index < -0.39 is 5.97 Å². The topological polar surface area (TPSA) is 69.4 Å². The molecule has 0 atom stereocenters. The lowest BCUT2D eigenvalue weighted by molar-refractivity contribution is 0.0487. The van der Waals surface area contributed by atoms with E-state index in [1.54, 1.807) is 0 Å². The Hall–Kier alpha value is -1.55. The van der Waals surface area contributed by atoms with Gasteiger partial charge >= 0.3 is 5.97 Å². The Balaban J connectivity index is 1.95. The molecule has 0 saturated heterocycles. The maximum atomic E-state index is 11.9. The van der Waals surface area contributed by atoms with Crippen molar-refractivity contribution in [2.24, 2.45) is 0 Å². The molecular weight excluding hydrogens is 403 g/mol. The fourth-order valence-electron chi connectivity index (χ4n) is 1.71. The highest BCUT2D eigenvalue weighted by molar-refractivity contribution is 14.1. The van der Waals surface area contributed by atoms with Crippen LogP contribution in [0.15, 0.2) is 24.3 Å². The highest BCUT2D eigenvalue weighted by Crippen LogP contribution is 2.26. The number of ether oxygens (including phenoxy) is 1.